The molecule has 126 valence electrons. The molecule has 25 heavy (non-hydrogen) atoms. The number of hydrogen-bond acceptors (Lipinski definition) is 5. The van der Waals surface area contributed by atoms with Crippen molar-refractivity contribution >= 4 is 22.4 Å². The fourth-order valence-corrected chi connectivity index (χ4v) is 3.44. The second-order valence-electron chi connectivity index (χ2n) is 6.09. The fourth-order valence-electron chi connectivity index (χ4n) is 3.44. The molecule has 0 spiro atoms. The van der Waals surface area contributed by atoms with E-state index in [9.17, 15) is 14.4 Å². The summed E-state index contributed by atoms with van der Waals surface area (Å²) in [4.78, 5) is 18.5. The molecular weight excluding hydrogens is 323 g/mol. The SMILES string of the molecule is N#CC1CCCC1n1nc(Nc2ccnc(F)c2)c2c(=O)[nH]ccc21. The van der Waals surface area contributed by atoms with E-state index in [1.54, 1.807) is 23.0 Å². The van der Waals surface area contributed by atoms with Crippen LogP contribution in [0.3, 0.4) is 0 Å². The van der Waals surface area contributed by atoms with Gasteiger partial charge in [0.1, 0.15) is 5.39 Å². The molecule has 2 N–H and O–H groups in total. The van der Waals surface area contributed by atoms with E-state index >= 15 is 0 Å². The van der Waals surface area contributed by atoms with Crippen molar-refractivity contribution in [2.24, 2.45) is 5.92 Å². The van der Waals surface area contributed by atoms with Crippen molar-refractivity contribution in [2.45, 2.75) is 25.3 Å². The first-order chi connectivity index (χ1) is 12.2. The van der Waals surface area contributed by atoms with Gasteiger partial charge in [-0.2, -0.15) is 14.8 Å². The number of rotatable bonds is 3. The largest absolute Gasteiger partial charge is 0.338 e. The first-order valence-corrected chi connectivity index (χ1v) is 8.05. The van der Waals surface area contributed by atoms with Crippen LogP contribution in [0.15, 0.2) is 35.4 Å². The van der Waals surface area contributed by atoms with Gasteiger partial charge < -0.3 is 10.3 Å². The molecule has 4 rings (SSSR count). The lowest BCUT2D eigenvalue weighted by molar-refractivity contribution is 0.423. The van der Waals surface area contributed by atoms with Crippen molar-refractivity contribution in [2.75, 3.05) is 5.32 Å². The number of nitriles is 1. The van der Waals surface area contributed by atoms with Gasteiger partial charge in [0.15, 0.2) is 5.82 Å². The number of hydrogen-bond donors (Lipinski definition) is 2. The minimum atomic E-state index is -0.622. The molecule has 3 aromatic heterocycles. The van der Waals surface area contributed by atoms with Crippen LogP contribution in [-0.2, 0) is 0 Å². The Morgan fingerprint density at radius 3 is 3.08 bits per heavy atom. The third kappa shape index (κ3) is 2.63. The Hall–Kier alpha value is -3.21. The minimum Gasteiger partial charge on any atom is -0.338 e. The molecule has 1 saturated carbocycles. The van der Waals surface area contributed by atoms with Crippen molar-refractivity contribution in [1.82, 2.24) is 19.7 Å². The van der Waals surface area contributed by atoms with Crippen LogP contribution in [0, 0.1) is 23.2 Å². The molecule has 1 aliphatic rings. The van der Waals surface area contributed by atoms with Crippen LogP contribution < -0.4 is 10.9 Å². The average Bonchev–Trinajstić information content (AvgIpc) is 3.20. The summed E-state index contributed by atoms with van der Waals surface area (Å²) in [5, 5.41) is 17.3. The van der Waals surface area contributed by atoms with Crippen LogP contribution >= 0.6 is 0 Å². The van der Waals surface area contributed by atoms with Gasteiger partial charge in [-0.1, -0.05) is 0 Å². The maximum atomic E-state index is 13.3. The zero-order valence-electron chi connectivity index (χ0n) is 13.2. The van der Waals surface area contributed by atoms with E-state index in [0.29, 0.717) is 22.4 Å². The molecule has 3 heterocycles. The Morgan fingerprint density at radius 1 is 1.40 bits per heavy atom. The van der Waals surface area contributed by atoms with E-state index in [0.717, 1.165) is 19.3 Å². The summed E-state index contributed by atoms with van der Waals surface area (Å²) in [6.07, 6.45) is 5.51. The lowest BCUT2D eigenvalue weighted by atomic mass is 10.1. The highest BCUT2D eigenvalue weighted by Gasteiger charge is 2.31. The van der Waals surface area contributed by atoms with Crippen LogP contribution in [-0.4, -0.2) is 19.7 Å². The average molecular weight is 338 g/mol. The van der Waals surface area contributed by atoms with Crippen LogP contribution in [0.1, 0.15) is 25.3 Å². The molecule has 3 aromatic rings. The van der Waals surface area contributed by atoms with Gasteiger partial charge in [-0.25, -0.2) is 4.98 Å². The van der Waals surface area contributed by atoms with Gasteiger partial charge >= 0.3 is 0 Å². The highest BCUT2D eigenvalue weighted by atomic mass is 19.1. The Kier molecular flexibility index (Phi) is 3.69. The van der Waals surface area contributed by atoms with E-state index in [1.807, 2.05) is 0 Å². The minimum absolute atomic E-state index is 0.0703. The maximum absolute atomic E-state index is 13.3. The number of aromatic nitrogens is 4. The van der Waals surface area contributed by atoms with Gasteiger partial charge in [0.2, 0.25) is 5.95 Å². The maximum Gasteiger partial charge on any atom is 0.261 e. The summed E-state index contributed by atoms with van der Waals surface area (Å²) in [5.74, 6) is -0.414. The molecule has 8 heteroatoms. The number of fused-ring (bicyclic) bond motifs is 1. The van der Waals surface area contributed by atoms with Crippen LogP contribution in [0.4, 0.5) is 15.9 Å². The predicted octanol–water partition coefficient (Wildman–Crippen LogP) is 2.87. The Labute approximate surface area is 142 Å². The van der Waals surface area contributed by atoms with E-state index in [4.69, 9.17) is 0 Å². The number of aromatic amines is 1. The Balaban J connectivity index is 1.85. The summed E-state index contributed by atoms with van der Waals surface area (Å²) in [6.45, 7) is 0. The van der Waals surface area contributed by atoms with Gasteiger partial charge in [-0.3, -0.25) is 9.48 Å². The van der Waals surface area contributed by atoms with Crippen LogP contribution in [0.25, 0.3) is 10.9 Å². The first kappa shape index (κ1) is 15.3. The second kappa shape index (κ2) is 6.02. The van der Waals surface area contributed by atoms with Gasteiger partial charge in [0.05, 0.1) is 23.5 Å². The van der Waals surface area contributed by atoms with Crippen molar-refractivity contribution in [1.29, 1.82) is 5.26 Å². The predicted molar refractivity (Wildman–Crippen MR) is 89.8 cm³/mol. The highest BCUT2D eigenvalue weighted by Crippen LogP contribution is 2.37. The lowest BCUT2D eigenvalue weighted by Crippen LogP contribution is -2.14. The number of nitrogens with zero attached hydrogens (tertiary/aromatic N) is 4. The second-order valence-corrected chi connectivity index (χ2v) is 6.09. The zero-order valence-corrected chi connectivity index (χ0v) is 13.2. The number of pyridine rings is 2. The number of H-pyrrole nitrogens is 1. The van der Waals surface area contributed by atoms with E-state index in [2.05, 4.69) is 26.5 Å². The standard InChI is InChI=1S/C17H15FN6O/c18-14-8-11(4-6-20-14)22-16-15-13(5-7-21-17(15)25)24(23-16)12-3-1-2-10(12)9-19/h4-8,10,12H,1-3H2,(H,21,25)(H,20,22,23). The lowest BCUT2D eigenvalue weighted by Gasteiger charge is -2.15. The fraction of sp³-hybridized carbons (Fsp3) is 0.294. The van der Waals surface area contributed by atoms with Gasteiger partial charge in [-0.05, 0) is 31.4 Å². The van der Waals surface area contributed by atoms with Crippen molar-refractivity contribution < 1.29 is 4.39 Å². The molecule has 0 bridgehead atoms. The molecule has 1 fully saturated rings. The summed E-state index contributed by atoms with van der Waals surface area (Å²) >= 11 is 0. The molecule has 7 nitrogen and oxygen atoms in total. The van der Waals surface area contributed by atoms with Crippen molar-refractivity contribution in [3.8, 4) is 6.07 Å². The molecule has 0 saturated heterocycles. The molecular formula is C17H15FN6O. The molecule has 0 aliphatic heterocycles. The van der Waals surface area contributed by atoms with Crippen molar-refractivity contribution in [3.05, 3.63) is 46.9 Å². The summed E-state index contributed by atoms with van der Waals surface area (Å²) in [5.41, 5.74) is 0.825. The smallest absolute Gasteiger partial charge is 0.261 e. The highest BCUT2D eigenvalue weighted by molar-refractivity contribution is 5.91. The quantitative estimate of drug-likeness (QED) is 0.715. The summed E-state index contributed by atoms with van der Waals surface area (Å²) in [6, 6.07) is 6.86. The van der Waals surface area contributed by atoms with Gasteiger partial charge in [0.25, 0.3) is 5.56 Å². The third-order valence-corrected chi connectivity index (χ3v) is 4.58. The zero-order chi connectivity index (χ0) is 17.4. The number of anilines is 2. The normalized spacial score (nSPS) is 19.8. The molecule has 1 aliphatic carbocycles. The van der Waals surface area contributed by atoms with Gasteiger partial charge in [0, 0.05) is 24.1 Å². The van der Waals surface area contributed by atoms with E-state index in [1.165, 1.54) is 12.3 Å². The van der Waals surface area contributed by atoms with E-state index in [-0.39, 0.29) is 17.5 Å². The molecule has 0 aromatic carbocycles. The molecule has 0 amide bonds. The van der Waals surface area contributed by atoms with Crippen molar-refractivity contribution in [3.63, 3.8) is 0 Å². The summed E-state index contributed by atoms with van der Waals surface area (Å²) in [7, 11) is 0. The number of halogens is 1. The third-order valence-electron chi connectivity index (χ3n) is 4.58. The number of nitrogens with one attached hydrogen (secondary N) is 2. The van der Waals surface area contributed by atoms with Crippen LogP contribution in [0.5, 0.6) is 0 Å². The summed E-state index contributed by atoms with van der Waals surface area (Å²) < 4.78 is 15.1. The van der Waals surface area contributed by atoms with Crippen LogP contribution in [0.2, 0.25) is 0 Å². The molecule has 2 atom stereocenters. The molecule has 0 radical (unpaired) electrons. The first-order valence-electron chi connectivity index (χ1n) is 8.05. The topological polar surface area (TPSA) is 99.4 Å². The Bertz CT molecular complexity index is 1030. The Morgan fingerprint density at radius 2 is 2.28 bits per heavy atom. The monoisotopic (exact) mass is 338 g/mol. The molecule has 2 unspecified atom stereocenters. The van der Waals surface area contributed by atoms with Gasteiger partial charge in [-0.15, -0.1) is 0 Å². The van der Waals surface area contributed by atoms with E-state index < -0.39 is 5.95 Å².